The van der Waals surface area contributed by atoms with Gasteiger partial charge in [-0.3, -0.25) is 4.79 Å². The zero-order valence-electron chi connectivity index (χ0n) is 25.0. The van der Waals surface area contributed by atoms with Crippen molar-refractivity contribution in [2.75, 3.05) is 49.3 Å². The van der Waals surface area contributed by atoms with E-state index in [1.165, 1.54) is 37.8 Å². The van der Waals surface area contributed by atoms with Gasteiger partial charge >= 0.3 is 0 Å². The highest BCUT2D eigenvalue weighted by atomic mass is 32.2. The van der Waals surface area contributed by atoms with Gasteiger partial charge in [-0.25, -0.2) is 17.8 Å². The number of benzene rings is 2. The number of hydrogen-bond donors (Lipinski definition) is 1. The van der Waals surface area contributed by atoms with Crippen LogP contribution in [0.5, 0.6) is 0 Å². The zero-order valence-corrected chi connectivity index (χ0v) is 25.9. The molecule has 0 unspecified atom stereocenters. The minimum atomic E-state index is -2.89. The number of nitriles is 1. The largest absolute Gasteiger partial charge is 0.444 e. The summed E-state index contributed by atoms with van der Waals surface area (Å²) in [4.78, 5) is 17.8. The Bertz CT molecular complexity index is 1430. The lowest BCUT2D eigenvalue weighted by Crippen LogP contribution is -2.40. The summed E-state index contributed by atoms with van der Waals surface area (Å²) >= 11 is 0. The molecule has 236 valence electrons. The second-order valence-corrected chi connectivity index (χ2v) is 13.4. The molecule has 0 radical (unpaired) electrons. The van der Waals surface area contributed by atoms with E-state index in [1.807, 2.05) is 30.3 Å². The normalized spacial score (nSPS) is 18.0. The molecule has 1 aliphatic carbocycles. The van der Waals surface area contributed by atoms with Crippen LogP contribution in [-0.2, 0) is 19.4 Å². The molecule has 1 aromatic heterocycles. The number of amides is 1. The molecule has 9 nitrogen and oxygen atoms in total. The van der Waals surface area contributed by atoms with E-state index < -0.39 is 9.84 Å². The lowest BCUT2D eigenvalue weighted by molar-refractivity contribution is -0.125. The van der Waals surface area contributed by atoms with E-state index in [4.69, 9.17) is 14.4 Å². The predicted molar refractivity (Wildman–Crippen MR) is 168 cm³/mol. The van der Waals surface area contributed by atoms with Crippen LogP contribution in [0.4, 0.5) is 10.1 Å². The summed E-state index contributed by atoms with van der Waals surface area (Å²) in [5.41, 5.74) is 3.29. The van der Waals surface area contributed by atoms with E-state index in [0.717, 1.165) is 50.1 Å². The molecule has 6 rings (SSSR count). The van der Waals surface area contributed by atoms with Gasteiger partial charge in [0, 0.05) is 49.0 Å². The van der Waals surface area contributed by atoms with Gasteiger partial charge in [-0.1, -0.05) is 31.4 Å². The number of aromatic nitrogens is 1. The van der Waals surface area contributed by atoms with Crippen LogP contribution in [0.2, 0.25) is 0 Å². The van der Waals surface area contributed by atoms with Gasteiger partial charge in [-0.15, -0.1) is 0 Å². The molecule has 1 amide bonds. The van der Waals surface area contributed by atoms with Crippen LogP contribution in [0.3, 0.4) is 0 Å². The maximum Gasteiger partial charge on any atom is 0.226 e. The lowest BCUT2D eigenvalue weighted by atomic mass is 9.89. The van der Waals surface area contributed by atoms with Crippen molar-refractivity contribution in [3.05, 3.63) is 60.6 Å². The Morgan fingerprint density at radius 1 is 0.932 bits per heavy atom. The number of hydrogen-bond acceptors (Lipinski definition) is 8. The van der Waals surface area contributed by atoms with Crippen LogP contribution >= 0.6 is 0 Å². The predicted octanol–water partition coefficient (Wildman–Crippen LogP) is 5.78. The fraction of sp³-hybridized carbons (Fsp3) is 0.485. The Morgan fingerprint density at radius 2 is 1.55 bits per heavy atom. The summed E-state index contributed by atoms with van der Waals surface area (Å²) < 4.78 is 46.7. The number of carbonyl (C=O) groups excluding carboxylic acids is 1. The van der Waals surface area contributed by atoms with Crippen LogP contribution in [0.15, 0.2) is 59.2 Å². The van der Waals surface area contributed by atoms with Crippen molar-refractivity contribution >= 4 is 21.4 Å². The number of carbonyl (C=O) groups is 1. The number of oxazole rings is 1. The monoisotopic (exact) mass is 624 g/mol. The zero-order chi connectivity index (χ0) is 31.2. The summed E-state index contributed by atoms with van der Waals surface area (Å²) in [5, 5.41) is 10.9. The second kappa shape index (κ2) is 16.9. The first-order valence-corrected chi connectivity index (χ1v) is 17.2. The Balaban J connectivity index is 0.000000202. The number of anilines is 1. The summed E-state index contributed by atoms with van der Waals surface area (Å²) in [6.45, 7) is 3.18. The van der Waals surface area contributed by atoms with Gasteiger partial charge in [0.1, 0.15) is 24.3 Å². The molecule has 11 heteroatoms. The lowest BCUT2D eigenvalue weighted by Gasteiger charge is -2.28. The van der Waals surface area contributed by atoms with Gasteiger partial charge in [-0.05, 0) is 68.5 Å². The fourth-order valence-corrected chi connectivity index (χ4v) is 6.47. The summed E-state index contributed by atoms with van der Waals surface area (Å²) in [6, 6.07) is 15.7. The number of ether oxygens (including phenoxy) is 1. The summed E-state index contributed by atoms with van der Waals surface area (Å²) in [5.74, 6) is 0.758. The van der Waals surface area contributed by atoms with Crippen molar-refractivity contribution in [3.63, 3.8) is 0 Å². The molecule has 3 aromatic rings. The summed E-state index contributed by atoms with van der Waals surface area (Å²) in [6.07, 6.45) is 11.1. The topological polar surface area (TPSA) is 126 Å². The van der Waals surface area contributed by atoms with Crippen molar-refractivity contribution in [2.24, 2.45) is 5.92 Å². The number of rotatable bonds is 5. The molecule has 3 heterocycles. The smallest absolute Gasteiger partial charge is 0.226 e. The first-order valence-electron chi connectivity index (χ1n) is 15.3. The average molecular weight is 625 g/mol. The van der Waals surface area contributed by atoms with E-state index in [1.54, 1.807) is 18.4 Å². The van der Waals surface area contributed by atoms with Gasteiger partial charge in [0.25, 0.3) is 0 Å². The molecule has 2 saturated heterocycles. The molecule has 1 N–H and O–H groups in total. The van der Waals surface area contributed by atoms with Crippen LogP contribution in [0.25, 0.3) is 22.7 Å². The van der Waals surface area contributed by atoms with Crippen molar-refractivity contribution in [2.45, 2.75) is 51.4 Å². The van der Waals surface area contributed by atoms with E-state index in [9.17, 15) is 17.6 Å². The van der Waals surface area contributed by atoms with E-state index >= 15 is 0 Å². The summed E-state index contributed by atoms with van der Waals surface area (Å²) in [7, 11) is -2.89. The number of nitrogens with zero attached hydrogens (tertiary/aromatic N) is 3. The van der Waals surface area contributed by atoms with Gasteiger partial charge in [0.2, 0.25) is 11.8 Å². The van der Waals surface area contributed by atoms with E-state index in [-0.39, 0.29) is 35.7 Å². The molecular weight excluding hydrogens is 583 g/mol. The van der Waals surface area contributed by atoms with Crippen molar-refractivity contribution in [3.8, 4) is 28.8 Å². The molecule has 3 fully saturated rings. The molecule has 0 bridgehead atoms. The highest BCUT2D eigenvalue weighted by molar-refractivity contribution is 7.91. The third-order valence-corrected chi connectivity index (χ3v) is 9.47. The molecule has 0 spiro atoms. The van der Waals surface area contributed by atoms with Crippen LogP contribution in [0.1, 0.15) is 51.4 Å². The molecule has 0 atom stereocenters. The van der Waals surface area contributed by atoms with Crippen LogP contribution in [-0.4, -0.2) is 63.7 Å². The molecule has 3 aliphatic rings. The minimum Gasteiger partial charge on any atom is -0.444 e. The Labute approximate surface area is 259 Å². The fourth-order valence-electron chi connectivity index (χ4n) is 5.27. The molecule has 44 heavy (non-hydrogen) atoms. The highest BCUT2D eigenvalue weighted by Gasteiger charge is 2.22. The van der Waals surface area contributed by atoms with Gasteiger partial charge in [0.15, 0.2) is 9.84 Å². The molecule has 2 aliphatic heterocycles. The first-order chi connectivity index (χ1) is 21.3. The molecule has 1 saturated carbocycles. The number of sulfone groups is 1. The molecular formula is C33H41FN4O5S. The Hall–Kier alpha value is -3.75. The SMILES string of the molecule is C1CCOCC1.N#CCNC(=O)C1CCCCC1.O=S1(=O)CCN(c2ccc(-c3coc(-c4ccc(F)cc4)n3)cc2)CC1. The standard InChI is InChI=1S/C19H17FN2O3S.C9H14N2O.C5H10O/c20-16-5-1-15(2-6-16)19-21-18(13-25-19)14-3-7-17(8-4-14)22-9-11-26(23,24)12-10-22;10-6-7-11-9(12)8-4-2-1-3-5-8;1-2-4-6-5-3-1/h1-8,13H,9-12H2;8H,1-5,7H2,(H,11,12);1-5H2. The van der Waals surface area contributed by atoms with E-state index in [2.05, 4.69) is 15.2 Å². The Kier molecular flexibility index (Phi) is 12.8. The van der Waals surface area contributed by atoms with Gasteiger partial charge < -0.3 is 19.4 Å². The minimum absolute atomic E-state index is 0.0660. The number of halogens is 1. The number of nitrogens with one attached hydrogen (secondary N) is 1. The maximum atomic E-state index is 13.0. The Morgan fingerprint density at radius 3 is 2.11 bits per heavy atom. The maximum absolute atomic E-state index is 13.0. The average Bonchev–Trinajstić information content (AvgIpc) is 3.56. The third-order valence-electron chi connectivity index (χ3n) is 7.86. The van der Waals surface area contributed by atoms with Crippen LogP contribution in [0, 0.1) is 23.1 Å². The van der Waals surface area contributed by atoms with Crippen molar-refractivity contribution in [1.82, 2.24) is 10.3 Å². The molecule has 2 aromatic carbocycles. The quantitative estimate of drug-likeness (QED) is 0.355. The van der Waals surface area contributed by atoms with Crippen LogP contribution < -0.4 is 10.2 Å². The van der Waals surface area contributed by atoms with Gasteiger partial charge in [0.05, 0.1) is 17.6 Å². The van der Waals surface area contributed by atoms with Crippen molar-refractivity contribution in [1.29, 1.82) is 5.26 Å². The first kappa shape index (κ1) is 33.1. The highest BCUT2D eigenvalue weighted by Crippen LogP contribution is 2.27. The van der Waals surface area contributed by atoms with E-state index in [0.29, 0.717) is 30.2 Å². The van der Waals surface area contributed by atoms with Gasteiger partial charge in [-0.2, -0.15) is 5.26 Å². The van der Waals surface area contributed by atoms with Crippen molar-refractivity contribution < 1.29 is 26.8 Å². The second-order valence-electron chi connectivity index (χ2n) is 11.1. The third kappa shape index (κ3) is 10.5.